The molecule has 2 aromatic rings. The van der Waals surface area contributed by atoms with Gasteiger partial charge in [-0.25, -0.2) is 4.79 Å². The first-order valence-corrected chi connectivity index (χ1v) is 7.59. The van der Waals surface area contributed by atoms with Crippen LogP contribution in [0, 0.1) is 6.92 Å². The van der Waals surface area contributed by atoms with Gasteiger partial charge in [-0.15, -0.1) is 0 Å². The molecule has 5 nitrogen and oxygen atoms in total. The molecule has 1 amide bonds. The Kier molecular flexibility index (Phi) is 3.83. The molecule has 0 spiro atoms. The van der Waals surface area contributed by atoms with Gasteiger partial charge in [-0.2, -0.15) is 0 Å². The molecule has 116 valence electrons. The van der Waals surface area contributed by atoms with Crippen LogP contribution in [0.25, 0.3) is 11.0 Å². The normalized spacial score (nSPS) is 18.6. The van der Waals surface area contributed by atoms with Gasteiger partial charge in [-0.1, -0.05) is 11.6 Å². The van der Waals surface area contributed by atoms with Crippen molar-refractivity contribution in [3.8, 4) is 0 Å². The second kappa shape index (κ2) is 5.65. The molecular weight excluding hydrogens is 306 g/mol. The van der Waals surface area contributed by atoms with Crippen LogP contribution >= 0.6 is 11.6 Å². The zero-order chi connectivity index (χ0) is 15.9. The molecule has 0 bridgehead atoms. The van der Waals surface area contributed by atoms with E-state index < -0.39 is 12.0 Å². The number of piperidine rings is 1. The lowest BCUT2D eigenvalue weighted by Gasteiger charge is -2.32. The Morgan fingerprint density at radius 1 is 1.36 bits per heavy atom. The predicted molar refractivity (Wildman–Crippen MR) is 82.3 cm³/mol. The van der Waals surface area contributed by atoms with Crippen molar-refractivity contribution in [1.82, 2.24) is 4.90 Å². The summed E-state index contributed by atoms with van der Waals surface area (Å²) in [5.41, 5.74) is 1.27. The molecular formula is C16H16ClNO4. The largest absolute Gasteiger partial charge is 0.480 e. The first-order chi connectivity index (χ1) is 10.5. The standard InChI is InChI=1S/C16H16ClNO4/c1-9-11-8-10(17)5-6-13(11)22-14(9)15(19)18-7-3-2-4-12(18)16(20)21/h5-6,8,12H,2-4,7H2,1H3,(H,20,21). The van der Waals surface area contributed by atoms with Crippen LogP contribution in [0.1, 0.15) is 35.4 Å². The summed E-state index contributed by atoms with van der Waals surface area (Å²) in [6, 6.07) is 4.38. The molecule has 22 heavy (non-hydrogen) atoms. The molecule has 0 saturated carbocycles. The molecule has 6 heteroatoms. The van der Waals surface area contributed by atoms with Crippen molar-refractivity contribution in [3.05, 3.63) is 34.5 Å². The van der Waals surface area contributed by atoms with Gasteiger partial charge in [0.1, 0.15) is 11.6 Å². The van der Waals surface area contributed by atoms with Gasteiger partial charge in [-0.3, -0.25) is 4.79 Å². The van der Waals surface area contributed by atoms with Crippen molar-refractivity contribution in [3.63, 3.8) is 0 Å². The predicted octanol–water partition coefficient (Wildman–Crippen LogP) is 3.47. The molecule has 0 aliphatic carbocycles. The number of aliphatic carboxylic acids is 1. The monoisotopic (exact) mass is 321 g/mol. The van der Waals surface area contributed by atoms with Crippen LogP contribution in [0.5, 0.6) is 0 Å². The molecule has 0 radical (unpaired) electrons. The van der Waals surface area contributed by atoms with Gasteiger partial charge in [0.05, 0.1) is 0 Å². The fourth-order valence-electron chi connectivity index (χ4n) is 2.96. The summed E-state index contributed by atoms with van der Waals surface area (Å²) in [6.07, 6.45) is 2.10. The Balaban J connectivity index is 2.01. The number of nitrogens with zero attached hydrogens (tertiary/aromatic N) is 1. The van der Waals surface area contributed by atoms with Crippen LogP contribution in [0.3, 0.4) is 0 Å². The maximum atomic E-state index is 12.7. The van der Waals surface area contributed by atoms with E-state index in [1.807, 2.05) is 0 Å². The van der Waals surface area contributed by atoms with Crippen molar-refractivity contribution < 1.29 is 19.1 Å². The van der Waals surface area contributed by atoms with Crippen molar-refractivity contribution in [2.45, 2.75) is 32.2 Å². The van der Waals surface area contributed by atoms with Crippen molar-refractivity contribution in [1.29, 1.82) is 0 Å². The van der Waals surface area contributed by atoms with E-state index >= 15 is 0 Å². The molecule has 2 heterocycles. The number of carboxylic acids is 1. The van der Waals surface area contributed by atoms with E-state index in [-0.39, 0.29) is 11.7 Å². The lowest BCUT2D eigenvalue weighted by Crippen LogP contribution is -2.48. The quantitative estimate of drug-likeness (QED) is 0.919. The molecule has 1 aliphatic heterocycles. The molecule has 3 rings (SSSR count). The van der Waals surface area contributed by atoms with Gasteiger partial charge in [-0.05, 0) is 44.4 Å². The number of likely N-dealkylation sites (tertiary alicyclic amines) is 1. The number of amides is 1. The lowest BCUT2D eigenvalue weighted by atomic mass is 10.0. The number of furan rings is 1. The number of aryl methyl sites for hydroxylation is 1. The summed E-state index contributed by atoms with van der Waals surface area (Å²) in [6.45, 7) is 2.22. The number of rotatable bonds is 2. The highest BCUT2D eigenvalue weighted by molar-refractivity contribution is 6.31. The first kappa shape index (κ1) is 14.9. The number of carbonyl (C=O) groups excluding carboxylic acids is 1. The van der Waals surface area contributed by atoms with Crippen molar-refractivity contribution in [2.75, 3.05) is 6.54 Å². The molecule has 1 N–H and O–H groups in total. The Bertz CT molecular complexity index is 752. The van der Waals surface area contributed by atoms with Crippen LogP contribution in [-0.4, -0.2) is 34.5 Å². The molecule has 1 saturated heterocycles. The summed E-state index contributed by atoms with van der Waals surface area (Å²) in [7, 11) is 0. The lowest BCUT2D eigenvalue weighted by molar-refractivity contribution is -0.143. The van der Waals surface area contributed by atoms with Crippen LogP contribution in [0.4, 0.5) is 0 Å². The van der Waals surface area contributed by atoms with E-state index in [1.165, 1.54) is 4.90 Å². The van der Waals surface area contributed by atoms with Crippen LogP contribution < -0.4 is 0 Å². The number of carbonyl (C=O) groups is 2. The average molecular weight is 322 g/mol. The number of hydrogen-bond acceptors (Lipinski definition) is 3. The zero-order valence-electron chi connectivity index (χ0n) is 12.1. The number of halogens is 1. The van der Waals surface area contributed by atoms with Gasteiger partial charge in [0, 0.05) is 22.5 Å². The summed E-state index contributed by atoms with van der Waals surface area (Å²) in [5, 5.41) is 10.7. The van der Waals surface area contributed by atoms with E-state index in [0.29, 0.717) is 29.1 Å². The number of hydrogen-bond donors (Lipinski definition) is 1. The fraction of sp³-hybridized carbons (Fsp3) is 0.375. The van der Waals surface area contributed by atoms with E-state index in [9.17, 15) is 14.7 Å². The topological polar surface area (TPSA) is 70.8 Å². The maximum Gasteiger partial charge on any atom is 0.326 e. The Morgan fingerprint density at radius 2 is 2.14 bits per heavy atom. The fourth-order valence-corrected chi connectivity index (χ4v) is 3.13. The SMILES string of the molecule is Cc1c(C(=O)N2CCCCC2C(=O)O)oc2ccc(Cl)cc12. The molecule has 1 aromatic carbocycles. The van der Waals surface area contributed by atoms with Gasteiger partial charge in [0.25, 0.3) is 5.91 Å². The van der Waals surface area contributed by atoms with Crippen molar-refractivity contribution in [2.24, 2.45) is 0 Å². The van der Waals surface area contributed by atoms with E-state index in [1.54, 1.807) is 25.1 Å². The highest BCUT2D eigenvalue weighted by Crippen LogP contribution is 2.30. The van der Waals surface area contributed by atoms with Crippen LogP contribution in [0.15, 0.2) is 22.6 Å². The summed E-state index contributed by atoms with van der Waals surface area (Å²) < 4.78 is 5.65. The average Bonchev–Trinajstić information content (AvgIpc) is 2.83. The molecule has 1 atom stereocenters. The van der Waals surface area contributed by atoms with Gasteiger partial charge in [0.15, 0.2) is 5.76 Å². The minimum absolute atomic E-state index is 0.199. The summed E-state index contributed by atoms with van der Waals surface area (Å²) in [5.74, 6) is -1.13. The van der Waals surface area contributed by atoms with Gasteiger partial charge in [0.2, 0.25) is 0 Å². The first-order valence-electron chi connectivity index (χ1n) is 7.21. The Labute approximate surface area is 132 Å². The second-order valence-corrected chi connectivity index (χ2v) is 5.98. The third kappa shape index (κ3) is 2.46. The zero-order valence-corrected chi connectivity index (χ0v) is 12.9. The third-order valence-electron chi connectivity index (χ3n) is 4.14. The smallest absolute Gasteiger partial charge is 0.326 e. The van der Waals surface area contributed by atoms with Gasteiger partial charge < -0.3 is 14.4 Å². The van der Waals surface area contributed by atoms with Crippen LogP contribution in [0.2, 0.25) is 5.02 Å². The Hall–Kier alpha value is -2.01. The summed E-state index contributed by atoms with van der Waals surface area (Å²) >= 11 is 5.98. The van der Waals surface area contributed by atoms with Gasteiger partial charge >= 0.3 is 5.97 Å². The number of carboxylic acid groups (broad SMARTS) is 1. The molecule has 1 aliphatic rings. The minimum atomic E-state index is -0.968. The number of fused-ring (bicyclic) bond motifs is 1. The Morgan fingerprint density at radius 3 is 2.86 bits per heavy atom. The molecule has 1 fully saturated rings. The summed E-state index contributed by atoms with van der Waals surface area (Å²) in [4.78, 5) is 25.5. The molecule has 1 unspecified atom stereocenters. The highest BCUT2D eigenvalue weighted by atomic mass is 35.5. The van der Waals surface area contributed by atoms with Crippen molar-refractivity contribution >= 4 is 34.4 Å². The highest BCUT2D eigenvalue weighted by Gasteiger charge is 2.34. The second-order valence-electron chi connectivity index (χ2n) is 5.55. The minimum Gasteiger partial charge on any atom is -0.480 e. The van der Waals surface area contributed by atoms with E-state index in [0.717, 1.165) is 18.2 Å². The number of benzene rings is 1. The molecule has 1 aromatic heterocycles. The van der Waals surface area contributed by atoms with Crippen LogP contribution in [-0.2, 0) is 4.79 Å². The van der Waals surface area contributed by atoms with E-state index in [2.05, 4.69) is 0 Å². The maximum absolute atomic E-state index is 12.7. The third-order valence-corrected chi connectivity index (χ3v) is 4.38. The van der Waals surface area contributed by atoms with E-state index in [4.69, 9.17) is 16.0 Å².